The highest BCUT2D eigenvalue weighted by Crippen LogP contribution is 2.31. The van der Waals surface area contributed by atoms with Gasteiger partial charge in [-0.05, 0) is 44.0 Å². The number of para-hydroxylation sites is 1. The lowest BCUT2D eigenvalue weighted by Gasteiger charge is -2.21. The molecule has 1 unspecified atom stereocenters. The molecule has 2 aromatic rings. The zero-order valence-corrected chi connectivity index (χ0v) is 13.9. The Bertz CT molecular complexity index is 809. The van der Waals surface area contributed by atoms with Crippen molar-refractivity contribution in [3.05, 3.63) is 58.9 Å². The molecule has 124 valence electrons. The topological polar surface area (TPSA) is 49.4 Å². The molecule has 5 heteroatoms. The van der Waals surface area contributed by atoms with Crippen LogP contribution in [-0.2, 0) is 9.59 Å². The smallest absolute Gasteiger partial charge is 0.256 e. The molecule has 2 aromatic carbocycles. The van der Waals surface area contributed by atoms with Gasteiger partial charge in [-0.15, -0.1) is 0 Å². The second-order valence-corrected chi connectivity index (χ2v) is 6.20. The van der Waals surface area contributed by atoms with Gasteiger partial charge in [0, 0.05) is 0 Å². The summed E-state index contributed by atoms with van der Waals surface area (Å²) in [6, 6.07) is 9.26. The molecule has 1 heterocycles. The fraction of sp³-hybridized carbons (Fsp3) is 0.263. The molecule has 1 saturated heterocycles. The summed E-state index contributed by atoms with van der Waals surface area (Å²) in [4.78, 5) is 26.4. The molecule has 1 fully saturated rings. The second kappa shape index (κ2) is 6.07. The number of rotatable bonds is 3. The second-order valence-electron chi connectivity index (χ2n) is 6.20. The van der Waals surface area contributed by atoms with Crippen molar-refractivity contribution >= 4 is 23.2 Å². The van der Waals surface area contributed by atoms with Gasteiger partial charge < -0.3 is 5.32 Å². The summed E-state index contributed by atoms with van der Waals surface area (Å²) < 4.78 is 13.8. The standard InChI is InChI=1S/C19H19FN2O2/c1-11-8-12(2)18(13(3)9-11)22-17(23)10-16(19(22)24)21-15-7-5-4-6-14(15)20/h4-9,16,21H,10H2,1-3H3. The van der Waals surface area contributed by atoms with Gasteiger partial charge in [0.2, 0.25) is 5.91 Å². The van der Waals surface area contributed by atoms with Crippen molar-refractivity contribution in [2.24, 2.45) is 0 Å². The van der Waals surface area contributed by atoms with E-state index in [2.05, 4.69) is 5.32 Å². The van der Waals surface area contributed by atoms with Crippen molar-refractivity contribution in [1.82, 2.24) is 0 Å². The number of nitrogens with zero attached hydrogens (tertiary/aromatic N) is 1. The number of aryl methyl sites for hydroxylation is 3. The molecular formula is C19H19FN2O2. The minimum Gasteiger partial charge on any atom is -0.371 e. The molecule has 0 radical (unpaired) electrons. The summed E-state index contributed by atoms with van der Waals surface area (Å²) in [6.45, 7) is 5.74. The van der Waals surface area contributed by atoms with Crippen LogP contribution in [0.5, 0.6) is 0 Å². The number of imide groups is 1. The number of amides is 2. The Morgan fingerprint density at radius 2 is 1.71 bits per heavy atom. The molecule has 4 nitrogen and oxygen atoms in total. The predicted octanol–water partition coefficient (Wildman–Crippen LogP) is 3.49. The van der Waals surface area contributed by atoms with Crippen LogP contribution < -0.4 is 10.2 Å². The van der Waals surface area contributed by atoms with Gasteiger partial charge in [-0.3, -0.25) is 9.59 Å². The molecule has 3 rings (SSSR count). The molecule has 2 amide bonds. The highest BCUT2D eigenvalue weighted by atomic mass is 19.1. The number of carbonyl (C=O) groups is 2. The molecule has 0 aliphatic carbocycles. The number of anilines is 2. The lowest BCUT2D eigenvalue weighted by atomic mass is 10.0. The summed E-state index contributed by atoms with van der Waals surface area (Å²) in [5.74, 6) is -1.07. The zero-order chi connectivity index (χ0) is 17.4. The summed E-state index contributed by atoms with van der Waals surface area (Å²) in [6.07, 6.45) is 0.0138. The largest absolute Gasteiger partial charge is 0.371 e. The van der Waals surface area contributed by atoms with Crippen LogP contribution in [0.1, 0.15) is 23.1 Å². The number of nitrogens with one attached hydrogen (secondary N) is 1. The van der Waals surface area contributed by atoms with Gasteiger partial charge in [-0.2, -0.15) is 0 Å². The fourth-order valence-corrected chi connectivity index (χ4v) is 3.27. The van der Waals surface area contributed by atoms with E-state index in [-0.39, 0.29) is 23.9 Å². The maximum atomic E-state index is 13.8. The van der Waals surface area contributed by atoms with E-state index < -0.39 is 11.9 Å². The number of hydrogen-bond acceptors (Lipinski definition) is 3. The summed E-state index contributed by atoms with van der Waals surface area (Å²) in [5.41, 5.74) is 3.69. The van der Waals surface area contributed by atoms with Gasteiger partial charge in [0.15, 0.2) is 0 Å². The molecule has 0 saturated carbocycles. The van der Waals surface area contributed by atoms with Crippen LogP contribution >= 0.6 is 0 Å². The van der Waals surface area contributed by atoms with Crippen LogP contribution in [0.15, 0.2) is 36.4 Å². The van der Waals surface area contributed by atoms with Gasteiger partial charge in [-0.25, -0.2) is 9.29 Å². The third kappa shape index (κ3) is 2.77. The Morgan fingerprint density at radius 1 is 1.08 bits per heavy atom. The monoisotopic (exact) mass is 326 g/mol. The zero-order valence-electron chi connectivity index (χ0n) is 13.9. The average Bonchev–Trinajstić information content (AvgIpc) is 2.76. The predicted molar refractivity (Wildman–Crippen MR) is 91.6 cm³/mol. The van der Waals surface area contributed by atoms with Crippen molar-refractivity contribution in [2.45, 2.75) is 33.2 Å². The van der Waals surface area contributed by atoms with Crippen LogP contribution in [0.2, 0.25) is 0 Å². The highest BCUT2D eigenvalue weighted by molar-refractivity contribution is 6.23. The summed E-state index contributed by atoms with van der Waals surface area (Å²) in [7, 11) is 0. The van der Waals surface area contributed by atoms with Crippen LogP contribution in [0, 0.1) is 26.6 Å². The Balaban J connectivity index is 1.92. The van der Waals surface area contributed by atoms with E-state index in [1.165, 1.54) is 11.0 Å². The highest BCUT2D eigenvalue weighted by Gasteiger charge is 2.41. The van der Waals surface area contributed by atoms with Gasteiger partial charge in [0.05, 0.1) is 17.8 Å². The first kappa shape index (κ1) is 16.2. The SMILES string of the molecule is Cc1cc(C)c(N2C(=O)CC(Nc3ccccc3F)C2=O)c(C)c1. The van der Waals surface area contributed by atoms with Crippen molar-refractivity contribution in [1.29, 1.82) is 0 Å². The quantitative estimate of drug-likeness (QED) is 0.878. The maximum Gasteiger partial charge on any atom is 0.256 e. The normalized spacial score (nSPS) is 17.5. The molecule has 24 heavy (non-hydrogen) atoms. The van der Waals surface area contributed by atoms with Gasteiger partial charge >= 0.3 is 0 Å². The molecule has 1 aliphatic heterocycles. The van der Waals surface area contributed by atoms with Gasteiger partial charge in [-0.1, -0.05) is 29.8 Å². The molecule has 0 bridgehead atoms. The lowest BCUT2D eigenvalue weighted by Crippen LogP contribution is -2.35. The number of benzene rings is 2. The van der Waals surface area contributed by atoms with E-state index in [1.54, 1.807) is 18.2 Å². The number of carbonyl (C=O) groups excluding carboxylic acids is 2. The van der Waals surface area contributed by atoms with Crippen LogP contribution in [0.25, 0.3) is 0 Å². The first-order valence-electron chi connectivity index (χ1n) is 7.84. The molecular weight excluding hydrogens is 307 g/mol. The Labute approximate surface area is 140 Å². The minimum atomic E-state index is -0.755. The third-order valence-corrected chi connectivity index (χ3v) is 4.21. The van der Waals surface area contributed by atoms with E-state index >= 15 is 0 Å². The number of halogens is 1. The minimum absolute atomic E-state index is 0.0138. The van der Waals surface area contributed by atoms with Crippen molar-refractivity contribution in [2.75, 3.05) is 10.2 Å². The van der Waals surface area contributed by atoms with E-state index in [0.717, 1.165) is 16.7 Å². The molecule has 0 spiro atoms. The summed E-state index contributed by atoms with van der Waals surface area (Å²) >= 11 is 0. The van der Waals surface area contributed by atoms with Gasteiger partial charge in [0.25, 0.3) is 5.91 Å². The first-order valence-corrected chi connectivity index (χ1v) is 7.84. The molecule has 1 atom stereocenters. The number of hydrogen-bond donors (Lipinski definition) is 1. The average molecular weight is 326 g/mol. The fourth-order valence-electron chi connectivity index (χ4n) is 3.27. The van der Waals surface area contributed by atoms with E-state index in [1.807, 2.05) is 32.9 Å². The van der Waals surface area contributed by atoms with Crippen molar-refractivity contribution in [3.63, 3.8) is 0 Å². The summed E-state index contributed by atoms with van der Waals surface area (Å²) in [5, 5.41) is 2.85. The van der Waals surface area contributed by atoms with Gasteiger partial charge in [0.1, 0.15) is 11.9 Å². The lowest BCUT2D eigenvalue weighted by molar-refractivity contribution is -0.121. The molecule has 0 aromatic heterocycles. The molecule has 1 N–H and O–H groups in total. The first-order chi connectivity index (χ1) is 11.4. The van der Waals surface area contributed by atoms with Crippen molar-refractivity contribution in [3.8, 4) is 0 Å². The van der Waals surface area contributed by atoms with E-state index in [0.29, 0.717) is 5.69 Å². The van der Waals surface area contributed by atoms with E-state index in [4.69, 9.17) is 0 Å². The molecule has 1 aliphatic rings. The van der Waals surface area contributed by atoms with Crippen LogP contribution in [0.4, 0.5) is 15.8 Å². The third-order valence-electron chi connectivity index (χ3n) is 4.21. The maximum absolute atomic E-state index is 13.8. The Morgan fingerprint density at radius 3 is 2.33 bits per heavy atom. The Hall–Kier alpha value is -2.69. The van der Waals surface area contributed by atoms with E-state index in [9.17, 15) is 14.0 Å². The Kier molecular flexibility index (Phi) is 4.09. The van der Waals surface area contributed by atoms with Crippen LogP contribution in [0.3, 0.4) is 0 Å². The van der Waals surface area contributed by atoms with Crippen LogP contribution in [-0.4, -0.2) is 17.9 Å². The van der Waals surface area contributed by atoms with Crippen molar-refractivity contribution < 1.29 is 14.0 Å².